The van der Waals surface area contributed by atoms with Gasteiger partial charge < -0.3 is 0 Å². The maximum Gasteiger partial charge on any atom is 0.149 e. The lowest BCUT2D eigenvalue weighted by Crippen LogP contribution is -2.34. The Labute approximate surface area is 63.2 Å². The van der Waals surface area contributed by atoms with E-state index < -0.39 is 0 Å². The zero-order valence-electron chi connectivity index (χ0n) is 7.35. The summed E-state index contributed by atoms with van der Waals surface area (Å²) in [4.78, 5) is 13.1. The minimum Gasteiger partial charge on any atom is -0.300 e. The molecule has 0 saturated carbocycles. The fourth-order valence-corrected chi connectivity index (χ4v) is 1.12. The Bertz CT molecular complexity index is 110. The molecule has 2 nitrogen and oxygen atoms in total. The molecule has 0 heterocycles. The van der Waals surface area contributed by atoms with Crippen LogP contribution in [0.1, 0.15) is 26.7 Å². The molecule has 10 heavy (non-hydrogen) atoms. The lowest BCUT2D eigenvalue weighted by atomic mass is 10.1. The third-order valence-electron chi connectivity index (χ3n) is 1.73. The maximum atomic E-state index is 11.1. The molecule has 0 amide bonds. The van der Waals surface area contributed by atoms with E-state index >= 15 is 0 Å². The van der Waals surface area contributed by atoms with Crippen LogP contribution in [0.2, 0.25) is 0 Å². The van der Waals surface area contributed by atoms with Gasteiger partial charge in [-0.1, -0.05) is 13.8 Å². The number of likely N-dealkylation sites (N-methyl/N-ethyl adjacent to an activating group) is 1. The number of nitrogens with zero attached hydrogens (tertiary/aromatic N) is 1. The first-order valence-corrected chi connectivity index (χ1v) is 3.82. The van der Waals surface area contributed by atoms with E-state index in [0.717, 1.165) is 6.42 Å². The summed E-state index contributed by atoms with van der Waals surface area (Å²) in [5.41, 5.74) is 0. The monoisotopic (exact) mass is 143 g/mol. The number of rotatable bonds is 4. The second-order valence-corrected chi connectivity index (χ2v) is 2.71. The molecule has 1 unspecified atom stereocenters. The zero-order chi connectivity index (χ0) is 8.15. The van der Waals surface area contributed by atoms with E-state index in [0.29, 0.717) is 12.2 Å². The van der Waals surface area contributed by atoms with Crippen molar-refractivity contribution in [3.8, 4) is 0 Å². The molecule has 0 rings (SSSR count). The van der Waals surface area contributed by atoms with Crippen LogP contribution in [-0.4, -0.2) is 30.8 Å². The molecular weight excluding hydrogens is 126 g/mol. The lowest BCUT2D eigenvalue weighted by Gasteiger charge is -2.20. The molecular formula is C8H17NO. The van der Waals surface area contributed by atoms with Gasteiger partial charge in [-0.15, -0.1) is 0 Å². The van der Waals surface area contributed by atoms with Crippen molar-refractivity contribution in [2.24, 2.45) is 0 Å². The van der Waals surface area contributed by atoms with Gasteiger partial charge in [0.1, 0.15) is 5.78 Å². The van der Waals surface area contributed by atoms with Crippen molar-refractivity contribution in [2.75, 3.05) is 14.1 Å². The van der Waals surface area contributed by atoms with E-state index in [-0.39, 0.29) is 6.04 Å². The summed E-state index contributed by atoms with van der Waals surface area (Å²) in [6, 6.07) is 0.130. The van der Waals surface area contributed by atoms with Gasteiger partial charge in [0.25, 0.3) is 0 Å². The number of ketones is 1. The zero-order valence-corrected chi connectivity index (χ0v) is 7.35. The molecule has 0 aliphatic rings. The highest BCUT2D eigenvalue weighted by atomic mass is 16.1. The first-order valence-electron chi connectivity index (χ1n) is 3.82. The highest BCUT2D eigenvalue weighted by Crippen LogP contribution is 2.02. The van der Waals surface area contributed by atoms with Crippen molar-refractivity contribution in [2.45, 2.75) is 32.7 Å². The Morgan fingerprint density at radius 1 is 1.40 bits per heavy atom. The molecule has 60 valence electrons. The highest BCUT2D eigenvalue weighted by Gasteiger charge is 2.15. The molecule has 0 aromatic rings. The van der Waals surface area contributed by atoms with Gasteiger partial charge in [0.15, 0.2) is 0 Å². The van der Waals surface area contributed by atoms with Gasteiger partial charge >= 0.3 is 0 Å². The third-order valence-corrected chi connectivity index (χ3v) is 1.73. The first kappa shape index (κ1) is 9.63. The molecule has 0 bridgehead atoms. The number of hydrogen-bond acceptors (Lipinski definition) is 2. The van der Waals surface area contributed by atoms with Crippen molar-refractivity contribution < 1.29 is 4.79 Å². The van der Waals surface area contributed by atoms with Crippen LogP contribution in [0.15, 0.2) is 0 Å². The average Bonchev–Trinajstić information content (AvgIpc) is 1.88. The number of carbonyl (C=O) groups is 1. The molecule has 1 atom stereocenters. The van der Waals surface area contributed by atoms with E-state index in [1.807, 2.05) is 32.8 Å². The van der Waals surface area contributed by atoms with Crippen molar-refractivity contribution in [3.63, 3.8) is 0 Å². The highest BCUT2D eigenvalue weighted by molar-refractivity contribution is 5.83. The van der Waals surface area contributed by atoms with Crippen molar-refractivity contribution in [3.05, 3.63) is 0 Å². The summed E-state index contributed by atoms with van der Waals surface area (Å²) in [6.07, 6.45) is 1.57. The largest absolute Gasteiger partial charge is 0.300 e. The summed E-state index contributed by atoms with van der Waals surface area (Å²) in [7, 11) is 3.89. The van der Waals surface area contributed by atoms with Gasteiger partial charge in [-0.05, 0) is 20.5 Å². The molecule has 0 spiro atoms. The molecule has 2 heteroatoms. The Hall–Kier alpha value is -0.370. The Morgan fingerprint density at radius 2 is 1.90 bits per heavy atom. The minimum absolute atomic E-state index is 0.130. The molecule has 0 saturated heterocycles. The number of carbonyl (C=O) groups excluding carboxylic acids is 1. The van der Waals surface area contributed by atoms with E-state index in [9.17, 15) is 4.79 Å². The summed E-state index contributed by atoms with van der Waals surface area (Å²) >= 11 is 0. The Balaban J connectivity index is 3.93. The molecule has 0 radical (unpaired) electrons. The predicted molar refractivity (Wildman–Crippen MR) is 43.1 cm³/mol. The molecule has 0 fully saturated rings. The Morgan fingerprint density at radius 3 is 2.00 bits per heavy atom. The van der Waals surface area contributed by atoms with Gasteiger partial charge in [-0.2, -0.15) is 0 Å². The van der Waals surface area contributed by atoms with Gasteiger partial charge in [0.05, 0.1) is 6.04 Å². The van der Waals surface area contributed by atoms with Crippen molar-refractivity contribution >= 4 is 5.78 Å². The standard InChI is InChI=1S/C8H17NO/c1-5-7(9(3)4)8(10)6-2/h7H,5-6H2,1-4H3. The SMILES string of the molecule is CCC(=O)C(CC)N(C)C. The minimum atomic E-state index is 0.130. The fraction of sp³-hybridized carbons (Fsp3) is 0.875. The van der Waals surface area contributed by atoms with Crippen LogP contribution in [-0.2, 0) is 4.79 Å². The Kier molecular flexibility index (Phi) is 4.28. The van der Waals surface area contributed by atoms with Crippen LogP contribution in [0.25, 0.3) is 0 Å². The van der Waals surface area contributed by atoms with Crippen LogP contribution < -0.4 is 0 Å². The van der Waals surface area contributed by atoms with Gasteiger partial charge in [0.2, 0.25) is 0 Å². The topological polar surface area (TPSA) is 20.3 Å². The summed E-state index contributed by atoms with van der Waals surface area (Å²) in [6.45, 7) is 3.95. The second kappa shape index (κ2) is 4.45. The molecule has 0 N–H and O–H groups in total. The van der Waals surface area contributed by atoms with Crippen molar-refractivity contribution in [1.29, 1.82) is 0 Å². The summed E-state index contributed by atoms with van der Waals surface area (Å²) in [5.74, 6) is 0.340. The van der Waals surface area contributed by atoms with E-state index in [4.69, 9.17) is 0 Å². The van der Waals surface area contributed by atoms with Crippen LogP contribution in [0, 0.1) is 0 Å². The fourth-order valence-electron chi connectivity index (χ4n) is 1.12. The summed E-state index contributed by atoms with van der Waals surface area (Å²) < 4.78 is 0. The normalized spacial score (nSPS) is 13.7. The average molecular weight is 143 g/mol. The van der Waals surface area contributed by atoms with Gasteiger partial charge in [-0.3, -0.25) is 9.69 Å². The predicted octanol–water partition coefficient (Wildman–Crippen LogP) is 1.31. The van der Waals surface area contributed by atoms with E-state index in [1.165, 1.54) is 0 Å². The molecule has 0 aliphatic heterocycles. The number of Topliss-reactive ketones (excluding diaryl/α,β-unsaturated/α-hetero) is 1. The van der Waals surface area contributed by atoms with Gasteiger partial charge in [-0.25, -0.2) is 0 Å². The second-order valence-electron chi connectivity index (χ2n) is 2.71. The van der Waals surface area contributed by atoms with Gasteiger partial charge in [0, 0.05) is 6.42 Å². The first-order chi connectivity index (χ1) is 4.63. The van der Waals surface area contributed by atoms with Crippen LogP contribution in [0.5, 0.6) is 0 Å². The molecule has 0 aromatic heterocycles. The van der Waals surface area contributed by atoms with Crippen LogP contribution in [0.4, 0.5) is 0 Å². The smallest absolute Gasteiger partial charge is 0.149 e. The van der Waals surface area contributed by atoms with Crippen LogP contribution in [0.3, 0.4) is 0 Å². The van der Waals surface area contributed by atoms with Crippen molar-refractivity contribution in [1.82, 2.24) is 4.90 Å². The quantitative estimate of drug-likeness (QED) is 0.591. The molecule has 0 aliphatic carbocycles. The van der Waals surface area contributed by atoms with E-state index in [1.54, 1.807) is 0 Å². The number of hydrogen-bond donors (Lipinski definition) is 0. The van der Waals surface area contributed by atoms with Crippen LogP contribution >= 0.6 is 0 Å². The molecule has 0 aromatic carbocycles. The lowest BCUT2D eigenvalue weighted by molar-refractivity contribution is -0.123. The van der Waals surface area contributed by atoms with E-state index in [2.05, 4.69) is 0 Å². The maximum absolute atomic E-state index is 11.1. The third kappa shape index (κ3) is 2.48. The summed E-state index contributed by atoms with van der Waals surface area (Å²) in [5, 5.41) is 0.